The monoisotopic (exact) mass is 376 g/mol. The average molecular weight is 376 g/mol. The van der Waals surface area contributed by atoms with Gasteiger partial charge in [-0.25, -0.2) is 0 Å². The lowest BCUT2D eigenvalue weighted by atomic mass is 10.0. The van der Waals surface area contributed by atoms with Gasteiger partial charge in [0.25, 0.3) is 11.8 Å². The maximum atomic E-state index is 12.8. The van der Waals surface area contributed by atoms with Crippen molar-refractivity contribution in [1.29, 1.82) is 0 Å². The summed E-state index contributed by atoms with van der Waals surface area (Å²) in [5, 5.41) is 5.32. The largest absolute Gasteiger partial charge is 0.379 e. The van der Waals surface area contributed by atoms with Crippen LogP contribution in [0.15, 0.2) is 24.3 Å². The molecule has 7 nitrogen and oxygen atoms in total. The number of carbonyl (C=O) groups is 3. The number of fused-ring (bicyclic) bond motifs is 1. The molecule has 1 aromatic rings. The minimum atomic E-state index is -0.855. The molecule has 1 aromatic carbocycles. The third-order valence-corrected chi connectivity index (χ3v) is 4.30. The van der Waals surface area contributed by atoms with Crippen molar-refractivity contribution in [3.05, 3.63) is 35.4 Å². The van der Waals surface area contributed by atoms with Crippen molar-refractivity contribution in [2.24, 2.45) is 0 Å². The second-order valence-corrected chi connectivity index (χ2v) is 6.46. The van der Waals surface area contributed by atoms with Crippen molar-refractivity contribution in [1.82, 2.24) is 10.6 Å². The number of amides is 2. The van der Waals surface area contributed by atoms with E-state index in [1.807, 2.05) is 19.1 Å². The van der Waals surface area contributed by atoms with Crippen LogP contribution in [0.25, 0.3) is 0 Å². The predicted octanol–water partition coefficient (Wildman–Crippen LogP) is 1.60. The van der Waals surface area contributed by atoms with Crippen LogP contribution in [-0.4, -0.2) is 50.0 Å². The van der Waals surface area contributed by atoms with Gasteiger partial charge in [0.2, 0.25) is 5.78 Å². The summed E-state index contributed by atoms with van der Waals surface area (Å²) in [6.45, 7) is 4.11. The van der Waals surface area contributed by atoms with E-state index in [1.165, 1.54) is 0 Å². The van der Waals surface area contributed by atoms with E-state index in [4.69, 9.17) is 9.47 Å². The molecule has 2 N–H and O–H groups in total. The lowest BCUT2D eigenvalue weighted by molar-refractivity contribution is -0.139. The number of ether oxygens (including phenoxy) is 2. The van der Waals surface area contributed by atoms with Gasteiger partial charge in [-0.15, -0.1) is 0 Å². The van der Waals surface area contributed by atoms with Gasteiger partial charge >= 0.3 is 0 Å². The number of nitrogens with one attached hydrogen (secondary N) is 2. The van der Waals surface area contributed by atoms with Crippen LogP contribution >= 0.6 is 0 Å². The van der Waals surface area contributed by atoms with Crippen LogP contribution in [0.1, 0.15) is 48.5 Å². The summed E-state index contributed by atoms with van der Waals surface area (Å²) in [5.41, 5.74) is 1.18. The first kappa shape index (κ1) is 21.1. The third kappa shape index (κ3) is 6.77. The van der Waals surface area contributed by atoms with Crippen molar-refractivity contribution < 1.29 is 23.9 Å². The minimum Gasteiger partial charge on any atom is -0.379 e. The first-order valence-corrected chi connectivity index (χ1v) is 9.49. The summed E-state index contributed by atoms with van der Waals surface area (Å²) in [6.07, 6.45) is 2.54. The Morgan fingerprint density at radius 3 is 2.74 bits per heavy atom. The summed E-state index contributed by atoms with van der Waals surface area (Å²) >= 11 is 0. The smallest absolute Gasteiger partial charge is 0.289 e. The van der Waals surface area contributed by atoms with Crippen molar-refractivity contribution in [3.63, 3.8) is 0 Å². The second kappa shape index (κ2) is 11.5. The standard InChI is InChI=1S/C20H28N2O5/c1-2-10-21-20(25)18(23)17-9-5-6-11-26-12-13-27-14-15-7-3-4-8-16(15)19(24)22-17/h3-4,7-8,17H,2,5-6,9-14H2,1H3,(H,21,25)(H,22,24). The van der Waals surface area contributed by atoms with Gasteiger partial charge in [-0.2, -0.15) is 0 Å². The van der Waals surface area contributed by atoms with Crippen LogP contribution in [-0.2, 0) is 25.7 Å². The quantitative estimate of drug-likeness (QED) is 0.779. The molecular formula is C20H28N2O5. The summed E-state index contributed by atoms with van der Waals surface area (Å²) in [5.74, 6) is -1.64. The van der Waals surface area contributed by atoms with Crippen molar-refractivity contribution in [3.8, 4) is 0 Å². The van der Waals surface area contributed by atoms with E-state index < -0.39 is 17.7 Å². The van der Waals surface area contributed by atoms with Crippen LogP contribution in [0, 0.1) is 0 Å². The molecule has 0 radical (unpaired) electrons. The molecule has 148 valence electrons. The Bertz CT molecular complexity index is 647. The first-order chi connectivity index (χ1) is 13.1. The van der Waals surface area contributed by atoms with Gasteiger partial charge < -0.3 is 20.1 Å². The Hall–Kier alpha value is -2.25. The molecule has 1 aliphatic heterocycles. The van der Waals surface area contributed by atoms with Crippen LogP contribution in [0.3, 0.4) is 0 Å². The maximum absolute atomic E-state index is 12.8. The van der Waals surface area contributed by atoms with Gasteiger partial charge in [-0.1, -0.05) is 25.1 Å². The second-order valence-electron chi connectivity index (χ2n) is 6.46. The summed E-state index contributed by atoms with van der Waals surface area (Å²) < 4.78 is 11.1. The fourth-order valence-electron chi connectivity index (χ4n) is 2.81. The van der Waals surface area contributed by atoms with Gasteiger partial charge in [0.15, 0.2) is 0 Å². The number of carbonyl (C=O) groups excluding carboxylic acids is 3. The molecule has 0 saturated heterocycles. The van der Waals surface area contributed by atoms with Crippen molar-refractivity contribution >= 4 is 17.6 Å². The average Bonchev–Trinajstić information content (AvgIpc) is 2.68. The van der Waals surface area contributed by atoms with E-state index in [9.17, 15) is 14.4 Å². The highest BCUT2D eigenvalue weighted by atomic mass is 16.5. The normalized spacial score (nSPS) is 19.3. The Morgan fingerprint density at radius 1 is 1.15 bits per heavy atom. The number of hydrogen-bond acceptors (Lipinski definition) is 5. The Labute approximate surface area is 159 Å². The molecule has 27 heavy (non-hydrogen) atoms. The van der Waals surface area contributed by atoms with E-state index >= 15 is 0 Å². The molecule has 0 spiro atoms. The molecule has 0 bridgehead atoms. The summed E-state index contributed by atoms with van der Waals surface area (Å²) in [6, 6.07) is 6.23. The molecule has 0 aliphatic carbocycles. The predicted molar refractivity (Wildman–Crippen MR) is 100 cm³/mol. The van der Waals surface area contributed by atoms with Gasteiger partial charge in [0, 0.05) is 18.7 Å². The van der Waals surface area contributed by atoms with Gasteiger partial charge in [-0.3, -0.25) is 14.4 Å². The molecule has 1 aliphatic rings. The molecule has 2 amide bonds. The van der Waals surface area contributed by atoms with Crippen molar-refractivity contribution in [2.45, 2.75) is 45.3 Å². The van der Waals surface area contributed by atoms with E-state index in [1.54, 1.807) is 12.1 Å². The summed E-state index contributed by atoms with van der Waals surface area (Å²) in [4.78, 5) is 37.3. The lowest BCUT2D eigenvalue weighted by Crippen LogP contribution is -2.47. The first-order valence-electron chi connectivity index (χ1n) is 9.49. The molecule has 0 saturated carbocycles. The van der Waals surface area contributed by atoms with Gasteiger partial charge in [0.05, 0.1) is 25.9 Å². The van der Waals surface area contributed by atoms with E-state index in [0.29, 0.717) is 44.8 Å². The van der Waals surface area contributed by atoms with Crippen LogP contribution in [0.5, 0.6) is 0 Å². The fraction of sp³-hybridized carbons (Fsp3) is 0.550. The molecule has 0 aromatic heterocycles. The van der Waals surface area contributed by atoms with Crippen molar-refractivity contribution in [2.75, 3.05) is 26.4 Å². The summed E-state index contributed by atoms with van der Waals surface area (Å²) in [7, 11) is 0. The number of benzene rings is 1. The van der Waals surface area contributed by atoms with Crippen LogP contribution in [0.2, 0.25) is 0 Å². The zero-order chi connectivity index (χ0) is 19.5. The van der Waals surface area contributed by atoms with Gasteiger partial charge in [0.1, 0.15) is 0 Å². The highest BCUT2D eigenvalue weighted by Crippen LogP contribution is 2.12. The van der Waals surface area contributed by atoms with E-state index in [0.717, 1.165) is 18.4 Å². The van der Waals surface area contributed by atoms with E-state index in [-0.39, 0.29) is 12.5 Å². The number of rotatable bonds is 4. The lowest BCUT2D eigenvalue weighted by Gasteiger charge is -2.19. The zero-order valence-corrected chi connectivity index (χ0v) is 15.8. The highest BCUT2D eigenvalue weighted by Gasteiger charge is 2.27. The molecular weight excluding hydrogens is 348 g/mol. The van der Waals surface area contributed by atoms with Crippen LogP contribution < -0.4 is 10.6 Å². The number of Topliss-reactive ketones (excluding diaryl/α,β-unsaturated/α-hetero) is 1. The Morgan fingerprint density at radius 2 is 1.93 bits per heavy atom. The number of ketones is 1. The minimum absolute atomic E-state index is 0.280. The SMILES string of the molecule is CCCNC(=O)C(=O)C1CCCCOCCOCc2ccccc2C(=O)N1. The highest BCUT2D eigenvalue weighted by molar-refractivity contribution is 6.38. The Balaban J connectivity index is 2.16. The van der Waals surface area contributed by atoms with E-state index in [2.05, 4.69) is 10.6 Å². The topological polar surface area (TPSA) is 93.7 Å². The third-order valence-electron chi connectivity index (χ3n) is 4.30. The van der Waals surface area contributed by atoms with Gasteiger partial charge in [-0.05, 0) is 37.3 Å². The zero-order valence-electron chi connectivity index (χ0n) is 15.8. The molecule has 1 atom stereocenters. The number of hydrogen-bond donors (Lipinski definition) is 2. The molecule has 2 rings (SSSR count). The fourth-order valence-corrected chi connectivity index (χ4v) is 2.81. The molecule has 7 heteroatoms. The molecule has 0 fully saturated rings. The maximum Gasteiger partial charge on any atom is 0.289 e. The van der Waals surface area contributed by atoms with Crippen LogP contribution in [0.4, 0.5) is 0 Å². The molecule has 1 unspecified atom stereocenters. The molecule has 1 heterocycles. The Kier molecular flexibility index (Phi) is 8.94.